The van der Waals surface area contributed by atoms with E-state index in [-0.39, 0.29) is 0 Å². The van der Waals surface area contributed by atoms with Crippen molar-refractivity contribution in [2.75, 3.05) is 0 Å². The van der Waals surface area contributed by atoms with Crippen molar-refractivity contribution in [3.63, 3.8) is 0 Å². The highest BCUT2D eigenvalue weighted by Gasteiger charge is 2.53. The Morgan fingerprint density at radius 1 is 0.677 bits per heavy atom. The molecule has 1 aromatic carbocycles. The molecule has 8 bridgehead atoms. The molecular formula is C26H33O4P-2. The zero-order valence-corrected chi connectivity index (χ0v) is 19.1. The molecule has 31 heavy (non-hydrogen) atoms. The maximum Gasteiger partial charge on any atom is 0.128 e. The van der Waals surface area contributed by atoms with Crippen molar-refractivity contribution in [2.24, 2.45) is 47.3 Å². The Kier molecular flexibility index (Phi) is 4.33. The van der Waals surface area contributed by atoms with Crippen LogP contribution >= 0.6 is 7.82 Å². The van der Waals surface area contributed by atoms with E-state index in [1.165, 1.54) is 69.8 Å². The van der Waals surface area contributed by atoms with Crippen LogP contribution in [-0.2, 0) is 4.57 Å². The van der Waals surface area contributed by atoms with E-state index in [4.69, 9.17) is 4.52 Å². The zero-order valence-electron chi connectivity index (χ0n) is 18.2. The van der Waals surface area contributed by atoms with Gasteiger partial charge in [0.25, 0.3) is 0 Å². The van der Waals surface area contributed by atoms with Crippen LogP contribution in [0.15, 0.2) is 18.2 Å². The van der Waals surface area contributed by atoms with Gasteiger partial charge in [-0.2, -0.15) is 0 Å². The summed E-state index contributed by atoms with van der Waals surface area (Å²) in [6, 6.07) is 5.99. The van der Waals surface area contributed by atoms with Crippen LogP contribution in [0, 0.1) is 47.3 Å². The molecule has 8 aliphatic carbocycles. The van der Waals surface area contributed by atoms with Gasteiger partial charge in [0.2, 0.25) is 0 Å². The minimum Gasteiger partial charge on any atom is -0.780 e. The fourth-order valence-electron chi connectivity index (χ4n) is 10.2. The topological polar surface area (TPSA) is 72.4 Å². The quantitative estimate of drug-likeness (QED) is 0.620. The number of benzene rings is 1. The van der Waals surface area contributed by atoms with Gasteiger partial charge in [0.1, 0.15) is 13.6 Å². The molecule has 0 aliphatic heterocycles. The Balaban J connectivity index is 1.35. The number of hydrogen-bond donors (Lipinski definition) is 0. The van der Waals surface area contributed by atoms with Crippen LogP contribution in [0.5, 0.6) is 5.75 Å². The van der Waals surface area contributed by atoms with Crippen LogP contribution in [0.2, 0.25) is 0 Å². The van der Waals surface area contributed by atoms with Crippen molar-refractivity contribution in [1.29, 1.82) is 0 Å². The first kappa shape index (κ1) is 19.6. The summed E-state index contributed by atoms with van der Waals surface area (Å²) in [6.07, 6.45) is 13.3. The summed E-state index contributed by atoms with van der Waals surface area (Å²) in [6.45, 7) is 0. The Morgan fingerprint density at radius 2 is 1.13 bits per heavy atom. The van der Waals surface area contributed by atoms with Crippen molar-refractivity contribution in [1.82, 2.24) is 0 Å². The van der Waals surface area contributed by atoms with Crippen LogP contribution in [0.3, 0.4) is 0 Å². The third-order valence-corrected chi connectivity index (χ3v) is 10.9. The predicted octanol–water partition coefficient (Wildman–Crippen LogP) is 4.97. The lowest BCUT2D eigenvalue weighted by atomic mass is 9.48. The predicted molar refractivity (Wildman–Crippen MR) is 114 cm³/mol. The standard InChI is InChI=1S/C26H35O4P/c27-31(28,29)30-23-3-1-2-22(24-18-6-14-4-15(8-18)9-19(24)7-14)26(23)25-20-10-16-5-17(12-20)13-21(25)11-16/h1-3,14-21,24-25H,4-13H2,(H2,27,28,29)/p-2. The minimum absolute atomic E-state index is 0.372. The second-order valence-corrected chi connectivity index (χ2v) is 13.3. The van der Waals surface area contributed by atoms with Crippen LogP contribution < -0.4 is 14.3 Å². The molecule has 0 atom stereocenters. The Labute approximate surface area is 185 Å². The fraction of sp³-hybridized carbons (Fsp3) is 0.769. The highest BCUT2D eigenvalue weighted by molar-refractivity contribution is 7.43. The molecule has 8 saturated carbocycles. The van der Waals surface area contributed by atoms with Gasteiger partial charge in [0.05, 0.1) is 0 Å². The third kappa shape index (κ3) is 3.19. The van der Waals surface area contributed by atoms with E-state index in [0.29, 0.717) is 29.4 Å². The number of phosphoric acid groups is 1. The first-order valence-corrected chi connectivity index (χ1v) is 14.2. The second kappa shape index (κ2) is 6.84. The van der Waals surface area contributed by atoms with Crippen molar-refractivity contribution in [3.8, 4) is 5.75 Å². The summed E-state index contributed by atoms with van der Waals surface area (Å²) in [5.41, 5.74) is 2.50. The summed E-state index contributed by atoms with van der Waals surface area (Å²) in [7, 11) is -5.09. The summed E-state index contributed by atoms with van der Waals surface area (Å²) in [5, 5.41) is 0. The maximum atomic E-state index is 11.7. The van der Waals surface area contributed by atoms with Crippen molar-refractivity contribution in [3.05, 3.63) is 29.3 Å². The molecule has 0 heterocycles. The van der Waals surface area contributed by atoms with Gasteiger partial charge in [-0.15, -0.1) is 0 Å². The molecule has 0 saturated heterocycles. The maximum absolute atomic E-state index is 11.7. The van der Waals surface area contributed by atoms with E-state index in [1.54, 1.807) is 6.07 Å². The minimum atomic E-state index is -5.09. The normalized spacial score (nSPS) is 47.2. The highest BCUT2D eigenvalue weighted by Crippen LogP contribution is 2.65. The molecule has 0 unspecified atom stereocenters. The third-order valence-electron chi connectivity index (χ3n) is 10.5. The van der Waals surface area contributed by atoms with Crippen LogP contribution in [0.4, 0.5) is 0 Å². The zero-order chi connectivity index (χ0) is 20.9. The number of phosphoric ester groups is 1. The van der Waals surface area contributed by atoms with E-state index >= 15 is 0 Å². The second-order valence-electron chi connectivity index (χ2n) is 12.2. The Morgan fingerprint density at radius 3 is 1.58 bits per heavy atom. The molecular weight excluding hydrogens is 407 g/mol. The van der Waals surface area contributed by atoms with Gasteiger partial charge >= 0.3 is 0 Å². The van der Waals surface area contributed by atoms with Gasteiger partial charge in [-0.05, 0) is 135 Å². The summed E-state index contributed by atoms with van der Waals surface area (Å²) >= 11 is 0. The molecule has 0 spiro atoms. The van der Waals surface area contributed by atoms with Gasteiger partial charge in [-0.1, -0.05) is 12.1 Å². The lowest BCUT2D eigenvalue weighted by Crippen LogP contribution is -2.46. The number of rotatable bonds is 4. The van der Waals surface area contributed by atoms with Gasteiger partial charge in [0.15, 0.2) is 0 Å². The van der Waals surface area contributed by atoms with Crippen LogP contribution in [0.1, 0.15) is 87.2 Å². The van der Waals surface area contributed by atoms with Crippen molar-refractivity contribution < 1.29 is 18.9 Å². The van der Waals surface area contributed by atoms with Crippen LogP contribution in [-0.4, -0.2) is 0 Å². The Bertz CT molecular complexity index is 879. The average molecular weight is 441 g/mol. The van der Waals surface area contributed by atoms with E-state index in [1.807, 2.05) is 6.07 Å². The van der Waals surface area contributed by atoms with Gasteiger partial charge in [-0.3, -0.25) is 0 Å². The smallest absolute Gasteiger partial charge is 0.128 e. The van der Waals surface area contributed by atoms with Crippen LogP contribution in [0.25, 0.3) is 0 Å². The van der Waals surface area contributed by atoms with Gasteiger partial charge < -0.3 is 18.9 Å². The molecule has 9 rings (SSSR count). The molecule has 4 nitrogen and oxygen atoms in total. The molecule has 8 aliphatic rings. The van der Waals surface area contributed by atoms with Gasteiger partial charge in [-0.25, -0.2) is 0 Å². The Hall–Kier alpha value is -0.830. The lowest BCUT2D eigenvalue weighted by molar-refractivity contribution is -0.333. The largest absolute Gasteiger partial charge is 0.780 e. The lowest BCUT2D eigenvalue weighted by Gasteiger charge is -2.57. The molecule has 0 aromatic heterocycles. The molecule has 8 fully saturated rings. The first-order valence-electron chi connectivity index (χ1n) is 12.8. The van der Waals surface area contributed by atoms with E-state index in [9.17, 15) is 14.4 Å². The molecule has 168 valence electrons. The molecule has 1 aromatic rings. The van der Waals surface area contributed by atoms with E-state index in [2.05, 4.69) is 6.07 Å². The average Bonchev–Trinajstić information content (AvgIpc) is 2.66. The summed E-state index contributed by atoms with van der Waals surface area (Å²) in [5.74, 6) is 7.55. The van der Waals surface area contributed by atoms with E-state index < -0.39 is 7.82 Å². The van der Waals surface area contributed by atoms with Crippen molar-refractivity contribution >= 4 is 7.82 Å². The fourth-order valence-corrected chi connectivity index (χ4v) is 10.6. The summed E-state index contributed by atoms with van der Waals surface area (Å²) < 4.78 is 16.9. The van der Waals surface area contributed by atoms with Gasteiger partial charge in [0, 0.05) is 5.56 Å². The molecule has 0 N–H and O–H groups in total. The van der Waals surface area contributed by atoms with Crippen molar-refractivity contribution in [2.45, 2.75) is 76.0 Å². The van der Waals surface area contributed by atoms with E-state index in [0.717, 1.165) is 41.1 Å². The molecule has 0 radical (unpaired) electrons. The first-order chi connectivity index (χ1) is 14.9. The highest BCUT2D eigenvalue weighted by atomic mass is 31.2. The summed E-state index contributed by atoms with van der Waals surface area (Å²) in [4.78, 5) is 23.4. The molecule has 5 heteroatoms. The monoisotopic (exact) mass is 440 g/mol. The number of hydrogen-bond acceptors (Lipinski definition) is 4. The molecule has 0 amide bonds. The SMILES string of the molecule is O=P([O-])([O-])Oc1cccc(C2C3CC4CC(C3)CC2C4)c1C1C2CC3CC(C2)CC1C3.